The van der Waals surface area contributed by atoms with Crippen molar-refractivity contribution in [2.24, 2.45) is 0 Å². The molecule has 0 unspecified atom stereocenters. The summed E-state index contributed by atoms with van der Waals surface area (Å²) in [6.45, 7) is 0. The molecule has 0 saturated heterocycles. The second kappa shape index (κ2) is 9.03. The fourth-order valence-corrected chi connectivity index (χ4v) is 5.51. The van der Waals surface area contributed by atoms with E-state index < -0.39 is 0 Å². The van der Waals surface area contributed by atoms with Gasteiger partial charge in [-0.15, -0.1) is 0 Å². The van der Waals surface area contributed by atoms with Gasteiger partial charge in [0, 0.05) is 46.2 Å². The normalized spacial score (nSPS) is 11.5. The Kier molecular flexibility index (Phi) is 5.07. The topological polar surface area (TPSA) is 56.7 Å². The SMILES string of the molecule is c1ccc(-c2cc(-c3ccncc3)cc(-n3c4ccccc4c4ccc(-c5nc6ccccc6o5)cc43)c2)nc1. The summed E-state index contributed by atoms with van der Waals surface area (Å²) in [5.41, 5.74) is 10.00. The molecule has 4 aromatic heterocycles. The van der Waals surface area contributed by atoms with Gasteiger partial charge in [-0.1, -0.05) is 42.5 Å². The largest absolute Gasteiger partial charge is 0.436 e. The van der Waals surface area contributed by atoms with Crippen LogP contribution in [-0.2, 0) is 0 Å². The molecule has 0 fully saturated rings. The molecule has 0 aliphatic rings. The van der Waals surface area contributed by atoms with Gasteiger partial charge in [0.05, 0.1) is 16.7 Å². The zero-order valence-electron chi connectivity index (χ0n) is 21.4. The van der Waals surface area contributed by atoms with Crippen molar-refractivity contribution in [2.75, 3.05) is 0 Å². The highest BCUT2D eigenvalue weighted by atomic mass is 16.3. The molecule has 5 nitrogen and oxygen atoms in total. The first-order chi connectivity index (χ1) is 19.8. The van der Waals surface area contributed by atoms with Gasteiger partial charge >= 0.3 is 0 Å². The summed E-state index contributed by atoms with van der Waals surface area (Å²) in [6, 6.07) is 39.6. The molecule has 188 valence electrons. The molecule has 0 aliphatic heterocycles. The third-order valence-corrected chi connectivity index (χ3v) is 7.36. The predicted octanol–water partition coefficient (Wildman–Crippen LogP) is 8.72. The maximum Gasteiger partial charge on any atom is 0.227 e. The molecule has 40 heavy (non-hydrogen) atoms. The zero-order valence-corrected chi connectivity index (χ0v) is 21.4. The first kappa shape index (κ1) is 22.4. The first-order valence-electron chi connectivity index (χ1n) is 13.2. The lowest BCUT2D eigenvalue weighted by Gasteiger charge is -2.14. The molecule has 0 aliphatic carbocycles. The van der Waals surface area contributed by atoms with Crippen LogP contribution in [0.5, 0.6) is 0 Å². The van der Waals surface area contributed by atoms with Gasteiger partial charge in [-0.3, -0.25) is 9.97 Å². The average molecular weight is 515 g/mol. The first-order valence-corrected chi connectivity index (χ1v) is 13.2. The van der Waals surface area contributed by atoms with Crippen LogP contribution in [0.25, 0.3) is 72.4 Å². The second-order valence-corrected chi connectivity index (χ2v) is 9.79. The van der Waals surface area contributed by atoms with E-state index in [0.29, 0.717) is 5.89 Å². The summed E-state index contributed by atoms with van der Waals surface area (Å²) >= 11 is 0. The summed E-state index contributed by atoms with van der Waals surface area (Å²) in [7, 11) is 0. The van der Waals surface area contributed by atoms with Crippen molar-refractivity contribution in [3.8, 4) is 39.5 Å². The minimum atomic E-state index is 0.611. The molecule has 5 heteroatoms. The maximum absolute atomic E-state index is 6.14. The third kappa shape index (κ3) is 3.68. The van der Waals surface area contributed by atoms with Crippen LogP contribution in [0.3, 0.4) is 0 Å². The van der Waals surface area contributed by atoms with Crippen molar-refractivity contribution < 1.29 is 4.42 Å². The molecule has 8 aromatic rings. The standard InChI is InChI=1S/C35H22N4O/c1-3-10-32-28(7-1)29-13-12-24(35-38-31-9-2-4-11-34(31)40-35)22-33(29)39(32)27-20-25(23-14-17-36-18-15-23)19-26(21-27)30-8-5-6-16-37-30/h1-22H. The number of oxazole rings is 1. The summed E-state index contributed by atoms with van der Waals surface area (Å²) < 4.78 is 8.47. The van der Waals surface area contributed by atoms with E-state index in [-0.39, 0.29) is 0 Å². The molecule has 0 N–H and O–H groups in total. The van der Waals surface area contributed by atoms with Gasteiger partial charge in [-0.2, -0.15) is 0 Å². The van der Waals surface area contributed by atoms with Gasteiger partial charge in [0.15, 0.2) is 5.58 Å². The van der Waals surface area contributed by atoms with Gasteiger partial charge < -0.3 is 8.98 Å². The molecule has 4 heterocycles. The Morgan fingerprint density at radius 2 is 1.35 bits per heavy atom. The molecular weight excluding hydrogens is 492 g/mol. The van der Waals surface area contributed by atoms with Crippen LogP contribution >= 0.6 is 0 Å². The van der Waals surface area contributed by atoms with E-state index >= 15 is 0 Å². The lowest BCUT2D eigenvalue weighted by molar-refractivity contribution is 0.620. The third-order valence-electron chi connectivity index (χ3n) is 7.36. The molecular formula is C35H22N4O. The van der Waals surface area contributed by atoms with Crippen LogP contribution in [0, 0.1) is 0 Å². The Morgan fingerprint density at radius 3 is 2.23 bits per heavy atom. The number of hydrogen-bond donors (Lipinski definition) is 0. The maximum atomic E-state index is 6.14. The summed E-state index contributed by atoms with van der Waals surface area (Å²) in [5, 5.41) is 2.36. The highest BCUT2D eigenvalue weighted by Crippen LogP contribution is 2.37. The Hall–Kier alpha value is -5.55. The number of nitrogens with zero attached hydrogens (tertiary/aromatic N) is 4. The van der Waals surface area contributed by atoms with Gasteiger partial charge in [-0.25, -0.2) is 4.98 Å². The van der Waals surface area contributed by atoms with E-state index in [4.69, 9.17) is 9.40 Å². The molecule has 0 radical (unpaired) electrons. The van der Waals surface area contributed by atoms with Gasteiger partial charge in [0.25, 0.3) is 0 Å². The highest BCUT2D eigenvalue weighted by Gasteiger charge is 2.17. The Balaban J connectivity index is 1.41. The minimum absolute atomic E-state index is 0.611. The summed E-state index contributed by atoms with van der Waals surface area (Å²) in [6.07, 6.45) is 5.49. The quantitative estimate of drug-likeness (QED) is 0.236. The number of para-hydroxylation sites is 3. The number of hydrogen-bond acceptors (Lipinski definition) is 4. The van der Waals surface area contributed by atoms with Gasteiger partial charge in [-0.05, 0) is 83.9 Å². The molecule has 0 atom stereocenters. The van der Waals surface area contributed by atoms with Crippen molar-refractivity contribution in [3.05, 3.63) is 134 Å². The van der Waals surface area contributed by atoms with Crippen LogP contribution < -0.4 is 0 Å². The number of aromatic nitrogens is 4. The smallest absolute Gasteiger partial charge is 0.227 e. The number of fused-ring (bicyclic) bond motifs is 4. The average Bonchev–Trinajstić information content (AvgIpc) is 3.61. The van der Waals surface area contributed by atoms with E-state index in [0.717, 1.165) is 55.8 Å². The predicted molar refractivity (Wildman–Crippen MR) is 160 cm³/mol. The van der Waals surface area contributed by atoms with Crippen molar-refractivity contribution in [1.29, 1.82) is 0 Å². The van der Waals surface area contributed by atoms with E-state index in [2.05, 4.69) is 75.2 Å². The van der Waals surface area contributed by atoms with Crippen molar-refractivity contribution in [3.63, 3.8) is 0 Å². The van der Waals surface area contributed by atoms with Crippen LogP contribution in [0.4, 0.5) is 0 Å². The highest BCUT2D eigenvalue weighted by molar-refractivity contribution is 6.10. The fourth-order valence-electron chi connectivity index (χ4n) is 5.51. The lowest BCUT2D eigenvalue weighted by Crippen LogP contribution is -1.96. The number of benzene rings is 4. The van der Waals surface area contributed by atoms with Crippen molar-refractivity contribution >= 4 is 32.9 Å². The van der Waals surface area contributed by atoms with E-state index in [9.17, 15) is 0 Å². The summed E-state index contributed by atoms with van der Waals surface area (Å²) in [5.74, 6) is 0.611. The second-order valence-electron chi connectivity index (χ2n) is 9.79. The van der Waals surface area contributed by atoms with Gasteiger partial charge in [0.2, 0.25) is 5.89 Å². The Morgan fingerprint density at radius 1 is 0.550 bits per heavy atom. The van der Waals surface area contributed by atoms with Crippen LogP contribution in [0.2, 0.25) is 0 Å². The molecule has 0 spiro atoms. The summed E-state index contributed by atoms with van der Waals surface area (Å²) in [4.78, 5) is 13.7. The van der Waals surface area contributed by atoms with Crippen LogP contribution in [-0.4, -0.2) is 19.5 Å². The minimum Gasteiger partial charge on any atom is -0.436 e. The monoisotopic (exact) mass is 514 g/mol. The molecule has 4 aromatic carbocycles. The van der Waals surface area contributed by atoms with Crippen LogP contribution in [0.1, 0.15) is 0 Å². The van der Waals surface area contributed by atoms with Crippen molar-refractivity contribution in [2.45, 2.75) is 0 Å². The number of rotatable bonds is 4. The van der Waals surface area contributed by atoms with E-state index in [1.54, 1.807) is 0 Å². The molecule has 0 amide bonds. The molecule has 0 bridgehead atoms. The van der Waals surface area contributed by atoms with Crippen LogP contribution in [0.15, 0.2) is 138 Å². The van der Waals surface area contributed by atoms with Gasteiger partial charge in [0.1, 0.15) is 5.52 Å². The van der Waals surface area contributed by atoms with E-state index in [1.165, 1.54) is 10.8 Å². The lowest BCUT2D eigenvalue weighted by atomic mass is 10.0. The molecule has 8 rings (SSSR count). The number of pyridine rings is 2. The molecule has 0 saturated carbocycles. The Bertz CT molecular complexity index is 2070. The van der Waals surface area contributed by atoms with Crippen molar-refractivity contribution in [1.82, 2.24) is 19.5 Å². The fraction of sp³-hybridized carbons (Fsp3) is 0. The van der Waals surface area contributed by atoms with E-state index in [1.807, 2.05) is 73.2 Å². The Labute approximate surface area is 230 Å². The zero-order chi connectivity index (χ0) is 26.5.